The van der Waals surface area contributed by atoms with Crippen LogP contribution in [0.15, 0.2) is 18.2 Å². The van der Waals surface area contributed by atoms with Gasteiger partial charge in [-0.15, -0.1) is 0 Å². The summed E-state index contributed by atoms with van der Waals surface area (Å²) in [6.07, 6.45) is 10.2. The topological polar surface area (TPSA) is 72.9 Å². The first-order valence-electron chi connectivity index (χ1n) is 13.1. The Balaban J connectivity index is 1.45. The molecule has 1 aromatic carbocycles. The Hall–Kier alpha value is -2.08. The molecule has 1 aliphatic carbocycles. The number of hydrogen-bond donors (Lipinski definition) is 2. The van der Waals surface area contributed by atoms with E-state index in [2.05, 4.69) is 17.1 Å². The number of nitrogens with one attached hydrogen (secondary N) is 1. The lowest BCUT2D eigenvalue weighted by molar-refractivity contribution is -0.162. The number of benzene rings is 1. The molecule has 2 N–H and O–H groups in total. The maximum absolute atomic E-state index is 13.6. The minimum atomic E-state index is -0.722. The predicted octanol–water partition coefficient (Wildman–Crippen LogP) is 4.13. The quantitative estimate of drug-likeness (QED) is 0.648. The molecule has 182 valence electrons. The van der Waals surface area contributed by atoms with Crippen LogP contribution in [0.2, 0.25) is 0 Å². The molecule has 1 spiro atoms. The molecule has 2 heterocycles. The normalized spacial score (nSPS) is 24.3. The molecule has 1 aromatic rings. The van der Waals surface area contributed by atoms with E-state index in [0.29, 0.717) is 37.6 Å². The van der Waals surface area contributed by atoms with Gasteiger partial charge < -0.3 is 15.3 Å². The molecular weight excluding hydrogens is 414 g/mol. The van der Waals surface area contributed by atoms with Crippen LogP contribution in [0.3, 0.4) is 0 Å². The number of phenols is 1. The summed E-state index contributed by atoms with van der Waals surface area (Å²) in [7, 11) is 0. The number of likely N-dealkylation sites (tertiary alicyclic amines) is 1. The maximum Gasteiger partial charge on any atom is 0.246 e. The van der Waals surface area contributed by atoms with Crippen molar-refractivity contribution in [1.82, 2.24) is 15.1 Å². The number of rotatable bonds is 7. The van der Waals surface area contributed by atoms with Gasteiger partial charge in [0.1, 0.15) is 17.3 Å². The van der Waals surface area contributed by atoms with Crippen molar-refractivity contribution < 1.29 is 14.7 Å². The van der Waals surface area contributed by atoms with Crippen LogP contribution in [0.25, 0.3) is 0 Å². The second-order valence-corrected chi connectivity index (χ2v) is 10.5. The van der Waals surface area contributed by atoms with Gasteiger partial charge in [0.15, 0.2) is 0 Å². The van der Waals surface area contributed by atoms with Gasteiger partial charge in [-0.3, -0.25) is 14.5 Å². The van der Waals surface area contributed by atoms with Crippen molar-refractivity contribution in [2.24, 2.45) is 5.92 Å². The molecule has 0 radical (unpaired) electrons. The number of carbonyl (C=O) groups excluding carboxylic acids is 2. The van der Waals surface area contributed by atoms with Crippen molar-refractivity contribution in [2.75, 3.05) is 19.6 Å². The number of aromatic hydroxyl groups is 1. The lowest BCUT2D eigenvalue weighted by Crippen LogP contribution is -2.73. The van der Waals surface area contributed by atoms with Crippen LogP contribution >= 0.6 is 0 Å². The zero-order valence-electron chi connectivity index (χ0n) is 20.4. The minimum absolute atomic E-state index is 0.0528. The van der Waals surface area contributed by atoms with E-state index in [1.165, 1.54) is 32.1 Å². The van der Waals surface area contributed by atoms with E-state index < -0.39 is 5.54 Å². The maximum atomic E-state index is 13.6. The van der Waals surface area contributed by atoms with Crippen LogP contribution < -0.4 is 5.32 Å². The summed E-state index contributed by atoms with van der Waals surface area (Å²) in [6.45, 7) is 6.87. The minimum Gasteiger partial charge on any atom is -0.507 e. The Bertz CT molecular complexity index is 841. The Kier molecular flexibility index (Phi) is 7.62. The Morgan fingerprint density at radius 3 is 2.55 bits per heavy atom. The monoisotopic (exact) mass is 455 g/mol. The molecule has 6 nitrogen and oxygen atoms in total. The fourth-order valence-electron chi connectivity index (χ4n) is 6.10. The molecule has 2 aliphatic heterocycles. The van der Waals surface area contributed by atoms with E-state index in [4.69, 9.17) is 0 Å². The number of hydrogen-bond acceptors (Lipinski definition) is 4. The summed E-state index contributed by atoms with van der Waals surface area (Å²) in [5.74, 6) is 1.10. The fraction of sp³-hybridized carbons (Fsp3) is 0.704. The number of piperazine rings is 1. The van der Waals surface area contributed by atoms with Crippen molar-refractivity contribution in [1.29, 1.82) is 0 Å². The number of unbranched alkanes of at least 4 members (excludes halogenated alkanes) is 1. The highest BCUT2D eigenvalue weighted by molar-refractivity contribution is 6.00. The first-order chi connectivity index (χ1) is 15.9. The van der Waals surface area contributed by atoms with Crippen LogP contribution in [0, 0.1) is 12.8 Å². The summed E-state index contributed by atoms with van der Waals surface area (Å²) in [5.41, 5.74) is 1.08. The van der Waals surface area contributed by atoms with Crippen molar-refractivity contribution in [3.63, 3.8) is 0 Å². The smallest absolute Gasteiger partial charge is 0.246 e. The number of nitrogens with zero attached hydrogens (tertiary/aromatic N) is 2. The van der Waals surface area contributed by atoms with Crippen LogP contribution in [0.1, 0.15) is 82.3 Å². The molecule has 2 saturated heterocycles. The molecule has 6 heteroatoms. The molecule has 0 bridgehead atoms. The van der Waals surface area contributed by atoms with E-state index in [9.17, 15) is 14.7 Å². The van der Waals surface area contributed by atoms with Gasteiger partial charge >= 0.3 is 0 Å². The zero-order chi connectivity index (χ0) is 23.4. The Morgan fingerprint density at radius 1 is 1.12 bits per heavy atom. The summed E-state index contributed by atoms with van der Waals surface area (Å²) in [5, 5.41) is 13.6. The third-order valence-corrected chi connectivity index (χ3v) is 8.24. The number of amides is 2. The summed E-state index contributed by atoms with van der Waals surface area (Å²) in [6, 6.07) is 5.50. The highest BCUT2D eigenvalue weighted by atomic mass is 16.3. The summed E-state index contributed by atoms with van der Waals surface area (Å²) >= 11 is 0. The van der Waals surface area contributed by atoms with Gasteiger partial charge in [-0.2, -0.15) is 0 Å². The van der Waals surface area contributed by atoms with E-state index in [1.807, 2.05) is 30.0 Å². The van der Waals surface area contributed by atoms with E-state index in [0.717, 1.165) is 43.5 Å². The average molecular weight is 456 g/mol. The highest BCUT2D eigenvalue weighted by Gasteiger charge is 2.53. The number of carbonyl (C=O) groups is 2. The molecule has 33 heavy (non-hydrogen) atoms. The summed E-state index contributed by atoms with van der Waals surface area (Å²) < 4.78 is 0. The molecule has 0 unspecified atom stereocenters. The van der Waals surface area contributed by atoms with Crippen LogP contribution in [-0.4, -0.2) is 57.9 Å². The van der Waals surface area contributed by atoms with Crippen molar-refractivity contribution in [3.05, 3.63) is 29.3 Å². The lowest BCUT2D eigenvalue weighted by Gasteiger charge is -2.52. The van der Waals surface area contributed by atoms with E-state index in [1.54, 1.807) is 0 Å². The number of phenolic OH excluding ortho intramolecular Hbond substituents is 1. The van der Waals surface area contributed by atoms with Gasteiger partial charge in [-0.1, -0.05) is 63.6 Å². The number of aryl methyl sites for hydroxylation is 1. The van der Waals surface area contributed by atoms with Crippen LogP contribution in [-0.2, 0) is 16.1 Å². The number of piperidine rings is 1. The second kappa shape index (κ2) is 10.5. The molecule has 2 amide bonds. The van der Waals surface area contributed by atoms with Gasteiger partial charge in [0, 0.05) is 31.7 Å². The van der Waals surface area contributed by atoms with Crippen molar-refractivity contribution in [2.45, 2.75) is 96.2 Å². The first-order valence-corrected chi connectivity index (χ1v) is 13.1. The third kappa shape index (κ3) is 5.06. The molecule has 3 aliphatic rings. The largest absolute Gasteiger partial charge is 0.507 e. The zero-order valence-corrected chi connectivity index (χ0v) is 20.4. The molecule has 3 fully saturated rings. The van der Waals surface area contributed by atoms with Gasteiger partial charge in [0.2, 0.25) is 11.8 Å². The Morgan fingerprint density at radius 2 is 1.85 bits per heavy atom. The molecular formula is C27H41N3O3. The summed E-state index contributed by atoms with van der Waals surface area (Å²) in [4.78, 5) is 31.4. The predicted molar refractivity (Wildman–Crippen MR) is 130 cm³/mol. The van der Waals surface area contributed by atoms with Gasteiger partial charge in [0.25, 0.3) is 0 Å². The second-order valence-electron chi connectivity index (χ2n) is 10.5. The van der Waals surface area contributed by atoms with Gasteiger partial charge in [-0.25, -0.2) is 0 Å². The molecule has 4 rings (SSSR count). The highest BCUT2D eigenvalue weighted by Crippen LogP contribution is 2.36. The molecule has 1 atom stereocenters. The van der Waals surface area contributed by atoms with Gasteiger partial charge in [-0.05, 0) is 44.1 Å². The van der Waals surface area contributed by atoms with Crippen molar-refractivity contribution in [3.8, 4) is 5.75 Å². The average Bonchev–Trinajstić information content (AvgIpc) is 2.82. The molecule has 1 saturated carbocycles. The molecule has 0 aromatic heterocycles. The van der Waals surface area contributed by atoms with Gasteiger partial charge in [0.05, 0.1) is 0 Å². The Labute approximate surface area is 198 Å². The van der Waals surface area contributed by atoms with E-state index >= 15 is 0 Å². The third-order valence-electron chi connectivity index (χ3n) is 8.24. The van der Waals surface area contributed by atoms with Crippen molar-refractivity contribution >= 4 is 11.8 Å². The number of para-hydroxylation sites is 1. The SMILES string of the molecule is CCCCN1C(=O)[C@H](CC2CCCCC2)NC(=O)C12CCN(Cc1cccc(C)c1O)CC2. The lowest BCUT2D eigenvalue weighted by atomic mass is 9.79. The fourth-order valence-corrected chi connectivity index (χ4v) is 6.10. The van der Waals surface area contributed by atoms with E-state index in [-0.39, 0.29) is 17.9 Å². The first kappa shape index (κ1) is 24.1. The standard InChI is InChI=1S/C27H41N3O3/c1-3-4-15-30-25(32)23(18-21-10-6-5-7-11-21)28-26(33)27(30)13-16-29(17-14-27)19-22-12-8-9-20(2)24(22)31/h8-9,12,21,23,31H,3-7,10-11,13-19H2,1-2H3,(H,28,33)/t23-/m0/s1. The van der Waals surface area contributed by atoms with Crippen LogP contribution in [0.5, 0.6) is 5.75 Å². The van der Waals surface area contributed by atoms with Crippen LogP contribution in [0.4, 0.5) is 0 Å².